The van der Waals surface area contributed by atoms with Crippen LogP contribution in [0.1, 0.15) is 26.7 Å². The monoisotopic (exact) mass is 219 g/mol. The molecule has 0 bridgehead atoms. The predicted molar refractivity (Wildman–Crippen MR) is 56.8 cm³/mol. The van der Waals surface area contributed by atoms with Crippen molar-refractivity contribution in [2.45, 2.75) is 32.8 Å². The van der Waals surface area contributed by atoms with Crippen molar-refractivity contribution in [2.24, 2.45) is 0 Å². The van der Waals surface area contributed by atoms with Gasteiger partial charge >= 0.3 is 6.09 Å². The lowest BCUT2D eigenvalue weighted by Gasteiger charge is -2.08. The molecule has 0 atom stereocenters. The van der Waals surface area contributed by atoms with Crippen molar-refractivity contribution in [3.8, 4) is 0 Å². The molecule has 0 unspecified atom stereocenters. The van der Waals surface area contributed by atoms with Crippen LogP contribution < -0.4 is 5.32 Å². The van der Waals surface area contributed by atoms with Gasteiger partial charge in [-0.05, 0) is 26.7 Å². The number of aliphatic hydroxyl groups is 1. The highest BCUT2D eigenvalue weighted by molar-refractivity contribution is 5.66. The molecule has 2 N–H and O–H groups in total. The minimum Gasteiger partial charge on any atom is -0.447 e. The number of unbranched alkanes of at least 4 members (excludes halogenated alkanes) is 1. The lowest BCUT2D eigenvalue weighted by Crippen LogP contribution is -2.26. The molecule has 0 aliphatic rings. The summed E-state index contributed by atoms with van der Waals surface area (Å²) in [6.07, 6.45) is 1.56. The smallest absolute Gasteiger partial charge is 0.407 e. The summed E-state index contributed by atoms with van der Waals surface area (Å²) in [7, 11) is 0. The molecule has 0 rings (SSSR count). The van der Waals surface area contributed by atoms with Crippen molar-refractivity contribution >= 4 is 6.09 Å². The maximum absolute atomic E-state index is 10.9. The number of carbonyl (C=O) groups excluding carboxylic acids is 1. The van der Waals surface area contributed by atoms with E-state index in [9.17, 15) is 4.79 Å². The zero-order valence-corrected chi connectivity index (χ0v) is 9.49. The van der Waals surface area contributed by atoms with Crippen LogP contribution in [-0.4, -0.2) is 43.7 Å². The van der Waals surface area contributed by atoms with Crippen LogP contribution in [0.4, 0.5) is 4.79 Å². The molecule has 0 saturated carbocycles. The molecular weight excluding hydrogens is 198 g/mol. The quantitative estimate of drug-likeness (QED) is 0.595. The second-order valence-electron chi connectivity index (χ2n) is 3.41. The maximum Gasteiger partial charge on any atom is 0.407 e. The second-order valence-corrected chi connectivity index (χ2v) is 3.41. The molecule has 5 nitrogen and oxygen atoms in total. The Kier molecular flexibility index (Phi) is 9.21. The fraction of sp³-hybridized carbons (Fsp3) is 0.900. The maximum atomic E-state index is 10.9. The Hall–Kier alpha value is -0.810. The first kappa shape index (κ1) is 14.2. The molecule has 0 aromatic carbocycles. The van der Waals surface area contributed by atoms with E-state index in [1.165, 1.54) is 0 Å². The molecule has 0 fully saturated rings. The molecule has 15 heavy (non-hydrogen) atoms. The van der Waals surface area contributed by atoms with E-state index < -0.39 is 6.09 Å². The molecule has 5 heteroatoms. The largest absolute Gasteiger partial charge is 0.447 e. The SMILES string of the molecule is CC(C)OCCCCNC(=O)OCCO. The molecular formula is C10H21NO4. The molecule has 90 valence electrons. The van der Waals surface area contributed by atoms with E-state index in [-0.39, 0.29) is 19.3 Å². The Balaban J connectivity index is 3.13. The fourth-order valence-corrected chi connectivity index (χ4v) is 0.926. The molecule has 0 aliphatic carbocycles. The second kappa shape index (κ2) is 9.73. The molecule has 0 saturated heterocycles. The van der Waals surface area contributed by atoms with Crippen molar-refractivity contribution < 1.29 is 19.4 Å². The third-order valence-corrected chi connectivity index (χ3v) is 1.62. The number of alkyl carbamates (subject to hydrolysis) is 1. The Morgan fingerprint density at radius 3 is 2.67 bits per heavy atom. The fourth-order valence-electron chi connectivity index (χ4n) is 0.926. The Morgan fingerprint density at radius 2 is 2.07 bits per heavy atom. The number of carbonyl (C=O) groups is 1. The third kappa shape index (κ3) is 11.1. The van der Waals surface area contributed by atoms with Crippen LogP contribution >= 0.6 is 0 Å². The lowest BCUT2D eigenvalue weighted by atomic mass is 10.3. The third-order valence-electron chi connectivity index (χ3n) is 1.62. The first-order valence-electron chi connectivity index (χ1n) is 5.30. The van der Waals surface area contributed by atoms with Gasteiger partial charge in [0, 0.05) is 13.2 Å². The van der Waals surface area contributed by atoms with Gasteiger partial charge in [-0.25, -0.2) is 4.79 Å². The van der Waals surface area contributed by atoms with Crippen molar-refractivity contribution in [1.82, 2.24) is 5.32 Å². The van der Waals surface area contributed by atoms with Crippen LogP contribution in [0.5, 0.6) is 0 Å². The van der Waals surface area contributed by atoms with Crippen molar-refractivity contribution in [3.63, 3.8) is 0 Å². The van der Waals surface area contributed by atoms with E-state index in [1.54, 1.807) is 0 Å². The van der Waals surface area contributed by atoms with Crippen molar-refractivity contribution in [3.05, 3.63) is 0 Å². The number of amides is 1. The molecule has 0 spiro atoms. The predicted octanol–water partition coefficient (Wildman–Crippen LogP) is 0.910. The van der Waals surface area contributed by atoms with E-state index >= 15 is 0 Å². The van der Waals surface area contributed by atoms with Gasteiger partial charge in [0.05, 0.1) is 12.7 Å². The van der Waals surface area contributed by atoms with Crippen LogP contribution in [0.3, 0.4) is 0 Å². The standard InChI is InChI=1S/C10H21NO4/c1-9(2)14-7-4-3-5-11-10(13)15-8-6-12/h9,12H,3-8H2,1-2H3,(H,11,13). The molecule has 0 aromatic rings. The number of ether oxygens (including phenoxy) is 2. The molecule has 0 radical (unpaired) electrons. The normalized spacial score (nSPS) is 10.4. The van der Waals surface area contributed by atoms with Gasteiger partial charge in [-0.2, -0.15) is 0 Å². The number of rotatable bonds is 8. The zero-order chi connectivity index (χ0) is 11.5. The van der Waals surface area contributed by atoms with Crippen LogP contribution in [0.15, 0.2) is 0 Å². The van der Waals surface area contributed by atoms with Crippen molar-refractivity contribution in [1.29, 1.82) is 0 Å². The van der Waals surface area contributed by atoms with Gasteiger partial charge in [-0.3, -0.25) is 0 Å². The average Bonchev–Trinajstić information content (AvgIpc) is 2.19. The van der Waals surface area contributed by atoms with E-state index in [2.05, 4.69) is 10.1 Å². The molecule has 1 amide bonds. The number of hydrogen-bond acceptors (Lipinski definition) is 4. The number of nitrogens with one attached hydrogen (secondary N) is 1. The van der Waals surface area contributed by atoms with E-state index in [0.29, 0.717) is 13.2 Å². The first-order valence-corrected chi connectivity index (χ1v) is 5.30. The summed E-state index contributed by atoms with van der Waals surface area (Å²) in [4.78, 5) is 10.9. The zero-order valence-electron chi connectivity index (χ0n) is 9.49. The first-order chi connectivity index (χ1) is 7.16. The highest BCUT2D eigenvalue weighted by Gasteiger charge is 1.99. The minimum atomic E-state index is -0.478. The summed E-state index contributed by atoms with van der Waals surface area (Å²) in [6.45, 7) is 5.17. The van der Waals surface area contributed by atoms with E-state index in [4.69, 9.17) is 9.84 Å². The highest BCUT2D eigenvalue weighted by Crippen LogP contribution is 1.93. The summed E-state index contributed by atoms with van der Waals surface area (Å²) in [5.74, 6) is 0. The average molecular weight is 219 g/mol. The van der Waals surface area contributed by atoms with Gasteiger partial charge in [-0.15, -0.1) is 0 Å². The van der Waals surface area contributed by atoms with Gasteiger partial charge in [0.15, 0.2) is 0 Å². The topological polar surface area (TPSA) is 67.8 Å². The molecule has 0 aliphatic heterocycles. The summed E-state index contributed by atoms with van der Waals surface area (Å²) in [6, 6.07) is 0. The summed E-state index contributed by atoms with van der Waals surface area (Å²) < 4.78 is 9.94. The number of hydrogen-bond donors (Lipinski definition) is 2. The number of aliphatic hydroxyl groups excluding tert-OH is 1. The minimum absolute atomic E-state index is 0.0439. The highest BCUT2D eigenvalue weighted by atomic mass is 16.6. The van der Waals surface area contributed by atoms with Gasteiger partial charge in [0.2, 0.25) is 0 Å². The molecule has 0 heterocycles. The summed E-state index contributed by atoms with van der Waals surface area (Å²) >= 11 is 0. The van der Waals surface area contributed by atoms with Gasteiger partial charge in [-0.1, -0.05) is 0 Å². The van der Waals surface area contributed by atoms with Gasteiger partial charge in [0.25, 0.3) is 0 Å². The van der Waals surface area contributed by atoms with E-state index in [1.807, 2.05) is 13.8 Å². The Bertz CT molecular complexity index is 162. The summed E-state index contributed by atoms with van der Waals surface area (Å²) in [5, 5.41) is 11.0. The van der Waals surface area contributed by atoms with Crippen LogP contribution in [-0.2, 0) is 9.47 Å². The summed E-state index contributed by atoms with van der Waals surface area (Å²) in [5.41, 5.74) is 0. The van der Waals surface area contributed by atoms with E-state index in [0.717, 1.165) is 12.8 Å². The van der Waals surface area contributed by atoms with Gasteiger partial charge < -0.3 is 19.9 Å². The van der Waals surface area contributed by atoms with Crippen LogP contribution in [0.2, 0.25) is 0 Å². The van der Waals surface area contributed by atoms with Crippen molar-refractivity contribution in [2.75, 3.05) is 26.4 Å². The lowest BCUT2D eigenvalue weighted by molar-refractivity contribution is 0.0756. The van der Waals surface area contributed by atoms with Gasteiger partial charge in [0.1, 0.15) is 6.61 Å². The molecule has 0 aromatic heterocycles. The Labute approximate surface area is 90.8 Å². The Morgan fingerprint density at radius 1 is 1.33 bits per heavy atom. The van der Waals surface area contributed by atoms with Crippen LogP contribution in [0, 0.1) is 0 Å². The van der Waals surface area contributed by atoms with Crippen LogP contribution in [0.25, 0.3) is 0 Å².